The lowest BCUT2D eigenvalue weighted by Crippen LogP contribution is -2.33. The van der Waals surface area contributed by atoms with Crippen molar-refractivity contribution in [3.63, 3.8) is 0 Å². The molecular formula is C23H30. The molecule has 0 N–H and O–H groups in total. The Bertz CT molecular complexity index is 669. The molecule has 0 nitrogen and oxygen atoms in total. The van der Waals surface area contributed by atoms with Crippen LogP contribution in [-0.4, -0.2) is 0 Å². The van der Waals surface area contributed by atoms with Gasteiger partial charge in [0.25, 0.3) is 0 Å². The Morgan fingerprint density at radius 2 is 1.57 bits per heavy atom. The van der Waals surface area contributed by atoms with Crippen molar-refractivity contribution >= 4 is 0 Å². The van der Waals surface area contributed by atoms with Gasteiger partial charge in [0, 0.05) is 0 Å². The summed E-state index contributed by atoms with van der Waals surface area (Å²) in [5, 5.41) is 0. The van der Waals surface area contributed by atoms with Crippen LogP contribution < -0.4 is 0 Å². The average Bonchev–Trinajstić information content (AvgIpc) is 3.27. The molecular weight excluding hydrogens is 276 g/mol. The van der Waals surface area contributed by atoms with Crippen LogP contribution in [0.15, 0.2) is 12.1 Å². The van der Waals surface area contributed by atoms with Crippen molar-refractivity contribution in [2.24, 2.45) is 23.7 Å². The van der Waals surface area contributed by atoms with Crippen LogP contribution >= 0.6 is 0 Å². The summed E-state index contributed by atoms with van der Waals surface area (Å²) in [6.45, 7) is 4.85. The van der Waals surface area contributed by atoms with Crippen LogP contribution in [0, 0.1) is 23.7 Å². The highest BCUT2D eigenvalue weighted by Crippen LogP contribution is 2.70. The summed E-state index contributed by atoms with van der Waals surface area (Å²) in [5.74, 6) is 7.79. The fourth-order valence-electron chi connectivity index (χ4n) is 7.91. The van der Waals surface area contributed by atoms with Crippen molar-refractivity contribution in [3.05, 3.63) is 34.4 Å². The zero-order valence-corrected chi connectivity index (χ0v) is 14.7. The summed E-state index contributed by atoms with van der Waals surface area (Å²) in [5.41, 5.74) is 7.34. The van der Waals surface area contributed by atoms with Crippen molar-refractivity contribution in [1.29, 1.82) is 0 Å². The van der Waals surface area contributed by atoms with E-state index in [0.29, 0.717) is 5.92 Å². The van der Waals surface area contributed by atoms with E-state index in [4.69, 9.17) is 0 Å². The molecule has 1 aromatic rings. The molecule has 0 aliphatic heterocycles. The molecule has 5 aliphatic carbocycles. The molecule has 6 rings (SSSR count). The Hall–Kier alpha value is -0.780. The molecule has 0 spiro atoms. The highest BCUT2D eigenvalue weighted by Gasteiger charge is 2.57. The third kappa shape index (κ3) is 1.59. The summed E-state index contributed by atoms with van der Waals surface area (Å²) in [4.78, 5) is 0. The molecule has 0 heteroatoms. The topological polar surface area (TPSA) is 0 Å². The Labute approximate surface area is 141 Å². The van der Waals surface area contributed by atoms with Gasteiger partial charge in [0.2, 0.25) is 0 Å². The number of hydrogen-bond acceptors (Lipinski definition) is 0. The fourth-order valence-corrected chi connectivity index (χ4v) is 7.91. The fraction of sp³-hybridized carbons (Fsp3) is 0.739. The molecule has 1 aromatic carbocycles. The molecule has 0 amide bonds. The quantitative estimate of drug-likeness (QED) is 0.599. The van der Waals surface area contributed by atoms with Gasteiger partial charge in [-0.2, -0.15) is 0 Å². The highest BCUT2D eigenvalue weighted by molar-refractivity contribution is 5.58. The zero-order valence-electron chi connectivity index (χ0n) is 14.7. The summed E-state index contributed by atoms with van der Waals surface area (Å²) >= 11 is 0. The summed E-state index contributed by atoms with van der Waals surface area (Å²) < 4.78 is 0. The third-order valence-corrected chi connectivity index (χ3v) is 8.69. The summed E-state index contributed by atoms with van der Waals surface area (Å²) in [6.07, 6.45) is 10.7. The minimum absolute atomic E-state index is 0.701. The lowest BCUT2D eigenvalue weighted by Gasteiger charge is -2.47. The van der Waals surface area contributed by atoms with Gasteiger partial charge in [-0.15, -0.1) is 0 Å². The van der Waals surface area contributed by atoms with Gasteiger partial charge >= 0.3 is 0 Å². The molecule has 0 saturated heterocycles. The van der Waals surface area contributed by atoms with Gasteiger partial charge in [0.05, 0.1) is 0 Å². The van der Waals surface area contributed by atoms with Crippen LogP contribution in [-0.2, 0) is 0 Å². The van der Waals surface area contributed by atoms with E-state index < -0.39 is 0 Å². The van der Waals surface area contributed by atoms with Crippen LogP contribution in [0.5, 0.6) is 0 Å². The van der Waals surface area contributed by atoms with Crippen LogP contribution in [0.25, 0.3) is 0 Å². The van der Waals surface area contributed by atoms with E-state index in [0.717, 1.165) is 41.4 Å². The third-order valence-electron chi connectivity index (χ3n) is 8.69. The smallest absolute Gasteiger partial charge is 0.00561 e. The molecule has 4 saturated carbocycles. The molecule has 7 atom stereocenters. The number of fused-ring (bicyclic) bond motifs is 10. The first kappa shape index (κ1) is 13.5. The Kier molecular flexibility index (Phi) is 2.60. The lowest BCUT2D eigenvalue weighted by molar-refractivity contribution is 0.313. The number of hydrogen-bond donors (Lipinski definition) is 0. The van der Waals surface area contributed by atoms with E-state index >= 15 is 0 Å². The first-order valence-electron chi connectivity index (χ1n) is 10.4. The first-order chi connectivity index (χ1) is 11.2. The monoisotopic (exact) mass is 306 g/mol. The first-order valence-corrected chi connectivity index (χ1v) is 10.4. The Morgan fingerprint density at radius 3 is 2.26 bits per heavy atom. The zero-order chi connectivity index (χ0) is 15.3. The lowest BCUT2D eigenvalue weighted by atomic mass is 9.57. The van der Waals surface area contributed by atoms with Crippen LogP contribution in [0.3, 0.4) is 0 Å². The van der Waals surface area contributed by atoms with Crippen LogP contribution in [0.2, 0.25) is 0 Å². The van der Waals surface area contributed by atoms with Crippen LogP contribution in [0.4, 0.5) is 0 Å². The van der Waals surface area contributed by atoms with Crippen molar-refractivity contribution in [2.45, 2.75) is 82.5 Å². The summed E-state index contributed by atoms with van der Waals surface area (Å²) in [7, 11) is 0. The van der Waals surface area contributed by atoms with Crippen LogP contribution in [0.1, 0.15) is 105 Å². The van der Waals surface area contributed by atoms with Gasteiger partial charge in [-0.1, -0.05) is 32.4 Å². The molecule has 0 heterocycles. The summed E-state index contributed by atoms with van der Waals surface area (Å²) in [6, 6.07) is 5.11. The molecule has 4 fully saturated rings. The predicted octanol–water partition coefficient (Wildman–Crippen LogP) is 6.32. The van der Waals surface area contributed by atoms with Gasteiger partial charge in [-0.25, -0.2) is 0 Å². The second kappa shape index (κ2) is 4.44. The van der Waals surface area contributed by atoms with Gasteiger partial charge in [-0.3, -0.25) is 0 Å². The molecule has 0 radical (unpaired) electrons. The van der Waals surface area contributed by atoms with Crippen molar-refractivity contribution in [3.8, 4) is 0 Å². The normalized spacial score (nSPS) is 45.4. The Balaban J connectivity index is 1.52. The van der Waals surface area contributed by atoms with E-state index in [1.54, 1.807) is 18.4 Å². The largest absolute Gasteiger partial charge is 0.0587 e. The predicted molar refractivity (Wildman–Crippen MR) is 95.0 cm³/mol. The maximum absolute atomic E-state index is 2.56. The molecule has 0 aromatic heterocycles. The van der Waals surface area contributed by atoms with Crippen molar-refractivity contribution < 1.29 is 0 Å². The van der Waals surface area contributed by atoms with Gasteiger partial charge in [0.15, 0.2) is 0 Å². The van der Waals surface area contributed by atoms with E-state index in [1.807, 2.05) is 16.7 Å². The highest BCUT2D eigenvalue weighted by atomic mass is 14.6. The van der Waals surface area contributed by atoms with Gasteiger partial charge < -0.3 is 0 Å². The second-order valence-electron chi connectivity index (χ2n) is 9.89. The van der Waals surface area contributed by atoms with E-state index in [9.17, 15) is 0 Å². The number of rotatable bonds is 2. The SMILES string of the molecule is CC(C)c1ccc2c(c1C1CC3CCC1C3)C1C3CCC(C3)C21. The maximum atomic E-state index is 2.56. The van der Waals surface area contributed by atoms with Crippen molar-refractivity contribution in [2.75, 3.05) is 0 Å². The van der Waals surface area contributed by atoms with Gasteiger partial charge in [-0.05, 0) is 108 Å². The molecule has 7 unspecified atom stereocenters. The molecule has 5 aliphatic rings. The van der Waals surface area contributed by atoms with Crippen molar-refractivity contribution in [1.82, 2.24) is 0 Å². The molecule has 4 bridgehead atoms. The van der Waals surface area contributed by atoms with E-state index in [1.165, 1.54) is 32.1 Å². The minimum Gasteiger partial charge on any atom is -0.0587 e. The number of benzene rings is 1. The molecule has 122 valence electrons. The molecule has 23 heavy (non-hydrogen) atoms. The Morgan fingerprint density at radius 1 is 0.783 bits per heavy atom. The second-order valence-corrected chi connectivity index (χ2v) is 9.89. The maximum Gasteiger partial charge on any atom is -0.00561 e. The van der Waals surface area contributed by atoms with E-state index in [-0.39, 0.29) is 0 Å². The van der Waals surface area contributed by atoms with E-state index in [2.05, 4.69) is 26.0 Å². The minimum atomic E-state index is 0.701. The standard InChI is InChI=1S/C23H30/c1-12(2)17-7-8-18-20-15-5-6-16(11-15)21(20)23(18)22(17)19-10-13-3-4-14(19)9-13/h7-8,12-16,19-21H,3-6,9-11H2,1-2H3. The van der Waals surface area contributed by atoms with Gasteiger partial charge in [0.1, 0.15) is 0 Å². The average molecular weight is 306 g/mol.